The Bertz CT molecular complexity index is 347. The highest BCUT2D eigenvalue weighted by atomic mass is 15.1. The van der Waals surface area contributed by atoms with Crippen molar-refractivity contribution in [3.63, 3.8) is 0 Å². The van der Waals surface area contributed by atoms with Crippen LogP contribution >= 0.6 is 0 Å². The van der Waals surface area contributed by atoms with Gasteiger partial charge in [-0.05, 0) is 56.8 Å². The molecule has 2 heteroatoms. The molecule has 1 N–H and O–H groups in total. The van der Waals surface area contributed by atoms with E-state index in [-0.39, 0.29) is 0 Å². The van der Waals surface area contributed by atoms with Crippen molar-refractivity contribution < 1.29 is 0 Å². The molecule has 0 saturated carbocycles. The van der Waals surface area contributed by atoms with Crippen molar-refractivity contribution in [1.82, 2.24) is 5.32 Å². The Hall–Kier alpha value is -1.02. The molecule has 1 unspecified atom stereocenters. The molecule has 0 aliphatic carbocycles. The van der Waals surface area contributed by atoms with E-state index in [1.807, 2.05) is 0 Å². The number of nitrogens with zero attached hydrogens (tertiary/aromatic N) is 1. The molecule has 1 aromatic carbocycles. The Labute approximate surface area is 105 Å². The molecule has 0 amide bonds. The smallest absolute Gasteiger partial charge is 0.0423 e. The third-order valence-corrected chi connectivity index (χ3v) is 3.86. The van der Waals surface area contributed by atoms with Crippen molar-refractivity contribution in [2.45, 2.75) is 26.7 Å². The fraction of sp³-hybridized carbons (Fsp3) is 0.600. The lowest BCUT2D eigenvalue weighted by molar-refractivity contribution is 0.533. The highest BCUT2D eigenvalue weighted by molar-refractivity contribution is 5.58. The van der Waals surface area contributed by atoms with Crippen LogP contribution in [0.15, 0.2) is 18.2 Å². The molecule has 0 spiro atoms. The van der Waals surface area contributed by atoms with Crippen LogP contribution < -0.4 is 10.2 Å². The van der Waals surface area contributed by atoms with Crippen LogP contribution in [-0.4, -0.2) is 26.7 Å². The highest BCUT2D eigenvalue weighted by Crippen LogP contribution is 2.24. The van der Waals surface area contributed by atoms with Crippen LogP contribution in [0.25, 0.3) is 0 Å². The largest absolute Gasteiger partial charge is 0.374 e. The van der Waals surface area contributed by atoms with Gasteiger partial charge in [0.15, 0.2) is 0 Å². The summed E-state index contributed by atoms with van der Waals surface area (Å²) in [6.07, 6.45) is 2.65. The second kappa shape index (κ2) is 5.54. The molecule has 94 valence electrons. The first-order valence-corrected chi connectivity index (χ1v) is 6.66. The van der Waals surface area contributed by atoms with Crippen LogP contribution in [0.2, 0.25) is 0 Å². The summed E-state index contributed by atoms with van der Waals surface area (Å²) in [5.41, 5.74) is 4.19. The summed E-state index contributed by atoms with van der Waals surface area (Å²) in [5, 5.41) is 3.44. The quantitative estimate of drug-likeness (QED) is 0.858. The van der Waals surface area contributed by atoms with E-state index in [1.165, 1.54) is 42.7 Å². The SMILES string of the molecule is Cc1cccc(C)c1N(C)CCC1CCNC1. The van der Waals surface area contributed by atoms with E-state index in [0.717, 1.165) is 12.5 Å². The maximum absolute atomic E-state index is 3.44. The predicted molar refractivity (Wildman–Crippen MR) is 74.8 cm³/mol. The zero-order valence-corrected chi connectivity index (χ0v) is 11.3. The Morgan fingerprint density at radius 2 is 2.00 bits per heavy atom. The van der Waals surface area contributed by atoms with E-state index >= 15 is 0 Å². The fourth-order valence-electron chi connectivity index (χ4n) is 2.86. The minimum atomic E-state index is 0.877. The topological polar surface area (TPSA) is 15.3 Å². The molecular formula is C15H24N2. The second-order valence-corrected chi connectivity index (χ2v) is 5.31. The van der Waals surface area contributed by atoms with Crippen molar-refractivity contribution >= 4 is 5.69 Å². The Balaban J connectivity index is 1.96. The van der Waals surface area contributed by atoms with Gasteiger partial charge in [-0.15, -0.1) is 0 Å². The van der Waals surface area contributed by atoms with Crippen LogP contribution in [0.4, 0.5) is 5.69 Å². The molecule has 1 aliphatic rings. The molecular weight excluding hydrogens is 208 g/mol. The summed E-state index contributed by atoms with van der Waals surface area (Å²) in [5.74, 6) is 0.877. The van der Waals surface area contributed by atoms with Gasteiger partial charge < -0.3 is 10.2 Å². The van der Waals surface area contributed by atoms with E-state index in [2.05, 4.69) is 49.3 Å². The maximum atomic E-state index is 3.44. The molecule has 0 bridgehead atoms. The van der Waals surface area contributed by atoms with E-state index in [0.29, 0.717) is 0 Å². The van der Waals surface area contributed by atoms with Crippen LogP contribution in [0, 0.1) is 19.8 Å². The van der Waals surface area contributed by atoms with Gasteiger partial charge in [-0.25, -0.2) is 0 Å². The number of anilines is 1. The molecule has 1 fully saturated rings. The first-order chi connectivity index (χ1) is 8.18. The third-order valence-electron chi connectivity index (χ3n) is 3.86. The maximum Gasteiger partial charge on any atom is 0.0423 e. The Morgan fingerprint density at radius 1 is 1.29 bits per heavy atom. The normalized spacial score (nSPS) is 19.6. The van der Waals surface area contributed by atoms with Gasteiger partial charge >= 0.3 is 0 Å². The molecule has 0 radical (unpaired) electrons. The van der Waals surface area contributed by atoms with Gasteiger partial charge in [-0.1, -0.05) is 18.2 Å². The van der Waals surface area contributed by atoms with E-state index in [9.17, 15) is 0 Å². The van der Waals surface area contributed by atoms with E-state index in [1.54, 1.807) is 0 Å². The Morgan fingerprint density at radius 3 is 2.59 bits per heavy atom. The van der Waals surface area contributed by atoms with E-state index in [4.69, 9.17) is 0 Å². The average Bonchev–Trinajstić information content (AvgIpc) is 2.79. The molecule has 1 heterocycles. The van der Waals surface area contributed by atoms with Crippen molar-refractivity contribution in [3.8, 4) is 0 Å². The molecule has 1 aromatic rings. The average molecular weight is 232 g/mol. The zero-order chi connectivity index (χ0) is 12.3. The van der Waals surface area contributed by atoms with Crippen LogP contribution in [0.3, 0.4) is 0 Å². The number of hydrogen-bond donors (Lipinski definition) is 1. The van der Waals surface area contributed by atoms with Gasteiger partial charge in [0.2, 0.25) is 0 Å². The Kier molecular flexibility index (Phi) is 4.06. The van der Waals surface area contributed by atoms with Crippen molar-refractivity contribution in [1.29, 1.82) is 0 Å². The van der Waals surface area contributed by atoms with Gasteiger partial charge in [-0.3, -0.25) is 0 Å². The van der Waals surface area contributed by atoms with Gasteiger partial charge in [-0.2, -0.15) is 0 Å². The predicted octanol–water partition coefficient (Wildman–Crippen LogP) is 2.74. The van der Waals surface area contributed by atoms with Crippen LogP contribution in [0.5, 0.6) is 0 Å². The molecule has 2 nitrogen and oxygen atoms in total. The van der Waals surface area contributed by atoms with Gasteiger partial charge in [0, 0.05) is 19.3 Å². The summed E-state index contributed by atoms with van der Waals surface area (Å²) in [6, 6.07) is 6.55. The molecule has 1 atom stereocenters. The number of benzene rings is 1. The monoisotopic (exact) mass is 232 g/mol. The van der Waals surface area contributed by atoms with Crippen molar-refractivity contribution in [3.05, 3.63) is 29.3 Å². The highest BCUT2D eigenvalue weighted by Gasteiger charge is 2.15. The minimum Gasteiger partial charge on any atom is -0.374 e. The summed E-state index contributed by atoms with van der Waals surface area (Å²) >= 11 is 0. The standard InChI is InChI=1S/C15H24N2/c1-12-5-4-6-13(2)15(12)17(3)10-8-14-7-9-16-11-14/h4-6,14,16H,7-11H2,1-3H3. The van der Waals surface area contributed by atoms with Gasteiger partial charge in [0.05, 0.1) is 0 Å². The third kappa shape index (κ3) is 3.01. The summed E-state index contributed by atoms with van der Waals surface area (Å²) in [4.78, 5) is 2.42. The van der Waals surface area contributed by atoms with Crippen molar-refractivity contribution in [2.75, 3.05) is 31.6 Å². The minimum absolute atomic E-state index is 0.877. The van der Waals surface area contributed by atoms with Gasteiger partial charge in [0.25, 0.3) is 0 Å². The lowest BCUT2D eigenvalue weighted by atomic mass is 10.0. The number of aryl methyl sites for hydroxylation is 2. The van der Waals surface area contributed by atoms with E-state index < -0.39 is 0 Å². The molecule has 0 aromatic heterocycles. The van der Waals surface area contributed by atoms with Gasteiger partial charge in [0.1, 0.15) is 0 Å². The van der Waals surface area contributed by atoms with Crippen LogP contribution in [0.1, 0.15) is 24.0 Å². The first-order valence-electron chi connectivity index (χ1n) is 6.66. The molecule has 1 aliphatic heterocycles. The number of hydrogen-bond acceptors (Lipinski definition) is 2. The summed E-state index contributed by atoms with van der Waals surface area (Å²) in [7, 11) is 2.22. The van der Waals surface area contributed by atoms with Crippen molar-refractivity contribution in [2.24, 2.45) is 5.92 Å². The number of nitrogens with one attached hydrogen (secondary N) is 1. The number of para-hydroxylation sites is 1. The fourth-order valence-corrected chi connectivity index (χ4v) is 2.86. The first kappa shape index (κ1) is 12.4. The summed E-state index contributed by atoms with van der Waals surface area (Å²) < 4.78 is 0. The second-order valence-electron chi connectivity index (χ2n) is 5.31. The lowest BCUT2D eigenvalue weighted by Crippen LogP contribution is -2.23. The van der Waals surface area contributed by atoms with Crippen LogP contribution in [-0.2, 0) is 0 Å². The molecule has 17 heavy (non-hydrogen) atoms. The molecule has 2 rings (SSSR count). The lowest BCUT2D eigenvalue weighted by Gasteiger charge is -2.24. The summed E-state index contributed by atoms with van der Waals surface area (Å²) in [6.45, 7) is 7.99. The number of rotatable bonds is 4. The molecule has 1 saturated heterocycles. The zero-order valence-electron chi connectivity index (χ0n) is 11.3.